The molecule has 1 N–H and O–H groups in total. The van der Waals surface area contributed by atoms with Crippen molar-refractivity contribution in [3.05, 3.63) is 30.1 Å². The lowest BCUT2D eigenvalue weighted by atomic mass is 10.1. The van der Waals surface area contributed by atoms with Crippen LogP contribution in [-0.4, -0.2) is 22.6 Å². The predicted octanol–water partition coefficient (Wildman–Crippen LogP) is 3.16. The summed E-state index contributed by atoms with van der Waals surface area (Å²) in [7, 11) is 2.02. The van der Waals surface area contributed by atoms with Crippen LogP contribution in [0.15, 0.2) is 24.3 Å². The molecule has 0 aliphatic rings. The van der Waals surface area contributed by atoms with E-state index in [9.17, 15) is 0 Å². The number of nitrogens with zero attached hydrogens (tertiary/aromatic N) is 2. The van der Waals surface area contributed by atoms with Crippen molar-refractivity contribution in [2.75, 3.05) is 7.05 Å². The van der Waals surface area contributed by atoms with Gasteiger partial charge < -0.3 is 9.88 Å². The molecular formula is C15H23N3. The molecule has 0 bridgehead atoms. The number of aromatic nitrogens is 2. The Morgan fingerprint density at radius 2 is 2.00 bits per heavy atom. The fourth-order valence-corrected chi connectivity index (χ4v) is 2.57. The van der Waals surface area contributed by atoms with Crippen LogP contribution >= 0.6 is 0 Å². The molecule has 2 rings (SSSR count). The summed E-state index contributed by atoms with van der Waals surface area (Å²) in [4.78, 5) is 4.73. The zero-order valence-corrected chi connectivity index (χ0v) is 11.8. The van der Waals surface area contributed by atoms with Crippen LogP contribution in [0.25, 0.3) is 11.0 Å². The standard InChI is InChI=1S/C15H23N3/c1-5-15-17-13-8-6-7-9-14(13)18(15)12(3)10-11(2)16-4/h6-9,11-12,16H,5,10H2,1-4H3. The molecule has 18 heavy (non-hydrogen) atoms. The highest BCUT2D eigenvalue weighted by molar-refractivity contribution is 5.76. The van der Waals surface area contributed by atoms with Crippen molar-refractivity contribution < 1.29 is 0 Å². The smallest absolute Gasteiger partial charge is 0.109 e. The maximum Gasteiger partial charge on any atom is 0.109 e. The van der Waals surface area contributed by atoms with E-state index in [4.69, 9.17) is 4.98 Å². The number of rotatable bonds is 5. The van der Waals surface area contributed by atoms with Gasteiger partial charge in [-0.1, -0.05) is 19.1 Å². The van der Waals surface area contributed by atoms with Crippen LogP contribution in [0.2, 0.25) is 0 Å². The molecule has 0 saturated carbocycles. The number of aryl methyl sites for hydroxylation is 1. The minimum absolute atomic E-state index is 0.467. The molecule has 2 atom stereocenters. The summed E-state index contributed by atoms with van der Waals surface area (Å²) in [5.74, 6) is 1.19. The van der Waals surface area contributed by atoms with Gasteiger partial charge in [0.2, 0.25) is 0 Å². The number of fused-ring (bicyclic) bond motifs is 1. The van der Waals surface area contributed by atoms with Crippen LogP contribution in [0.3, 0.4) is 0 Å². The first-order valence-corrected chi connectivity index (χ1v) is 6.80. The zero-order chi connectivity index (χ0) is 13.1. The average molecular weight is 245 g/mol. The minimum Gasteiger partial charge on any atom is -0.325 e. The largest absolute Gasteiger partial charge is 0.325 e. The summed E-state index contributed by atoms with van der Waals surface area (Å²) in [5.41, 5.74) is 2.36. The van der Waals surface area contributed by atoms with Gasteiger partial charge in [0, 0.05) is 18.5 Å². The van der Waals surface area contributed by atoms with Crippen molar-refractivity contribution in [1.82, 2.24) is 14.9 Å². The Balaban J connectivity index is 2.41. The monoisotopic (exact) mass is 245 g/mol. The number of para-hydroxylation sites is 2. The van der Waals surface area contributed by atoms with E-state index in [-0.39, 0.29) is 0 Å². The number of hydrogen-bond donors (Lipinski definition) is 1. The van der Waals surface area contributed by atoms with Crippen molar-refractivity contribution in [3.8, 4) is 0 Å². The van der Waals surface area contributed by atoms with Crippen LogP contribution in [0.5, 0.6) is 0 Å². The second kappa shape index (κ2) is 5.53. The molecule has 0 saturated heterocycles. The summed E-state index contributed by atoms with van der Waals surface area (Å²) < 4.78 is 2.39. The maximum absolute atomic E-state index is 4.73. The van der Waals surface area contributed by atoms with E-state index >= 15 is 0 Å². The van der Waals surface area contributed by atoms with Crippen molar-refractivity contribution in [1.29, 1.82) is 0 Å². The first-order chi connectivity index (χ1) is 8.67. The summed E-state index contributed by atoms with van der Waals surface area (Å²) >= 11 is 0. The topological polar surface area (TPSA) is 29.9 Å². The lowest BCUT2D eigenvalue weighted by molar-refractivity contribution is 0.430. The van der Waals surface area contributed by atoms with E-state index in [0.717, 1.165) is 18.4 Å². The number of imidazole rings is 1. The quantitative estimate of drug-likeness (QED) is 0.877. The Morgan fingerprint density at radius 1 is 1.28 bits per heavy atom. The number of benzene rings is 1. The molecule has 0 aliphatic carbocycles. The number of nitrogens with one attached hydrogen (secondary N) is 1. The molecule has 0 radical (unpaired) electrons. The van der Waals surface area contributed by atoms with E-state index < -0.39 is 0 Å². The molecule has 98 valence electrons. The molecule has 1 heterocycles. The van der Waals surface area contributed by atoms with E-state index in [1.54, 1.807) is 0 Å². The number of hydrogen-bond acceptors (Lipinski definition) is 2. The highest BCUT2D eigenvalue weighted by atomic mass is 15.1. The fourth-order valence-electron chi connectivity index (χ4n) is 2.57. The third-order valence-corrected chi connectivity index (χ3v) is 3.61. The molecule has 0 amide bonds. The predicted molar refractivity (Wildman–Crippen MR) is 77.0 cm³/mol. The van der Waals surface area contributed by atoms with Crippen LogP contribution in [0, 0.1) is 0 Å². The van der Waals surface area contributed by atoms with E-state index in [1.165, 1.54) is 11.3 Å². The van der Waals surface area contributed by atoms with E-state index in [2.05, 4.69) is 54.9 Å². The summed E-state index contributed by atoms with van der Waals surface area (Å²) in [6.07, 6.45) is 2.09. The third-order valence-electron chi connectivity index (χ3n) is 3.61. The lowest BCUT2D eigenvalue weighted by Gasteiger charge is -2.20. The van der Waals surface area contributed by atoms with Crippen LogP contribution in [0.1, 0.15) is 39.1 Å². The molecule has 0 spiro atoms. The zero-order valence-electron chi connectivity index (χ0n) is 11.8. The normalized spacial score (nSPS) is 14.9. The third kappa shape index (κ3) is 2.41. The molecule has 0 aliphatic heterocycles. The van der Waals surface area contributed by atoms with Gasteiger partial charge in [0.1, 0.15) is 5.82 Å². The molecule has 3 heteroatoms. The van der Waals surface area contributed by atoms with Crippen molar-refractivity contribution in [2.45, 2.75) is 45.7 Å². The van der Waals surface area contributed by atoms with Gasteiger partial charge in [-0.2, -0.15) is 0 Å². The Kier molecular flexibility index (Phi) is 4.02. The first-order valence-electron chi connectivity index (χ1n) is 6.80. The highest BCUT2D eigenvalue weighted by Gasteiger charge is 2.16. The molecule has 0 fully saturated rings. The van der Waals surface area contributed by atoms with Crippen molar-refractivity contribution in [2.24, 2.45) is 0 Å². The van der Waals surface area contributed by atoms with Gasteiger partial charge in [-0.15, -0.1) is 0 Å². The SMILES string of the molecule is CCc1nc2ccccc2n1C(C)CC(C)NC. The van der Waals surface area contributed by atoms with Crippen molar-refractivity contribution >= 4 is 11.0 Å². The van der Waals surface area contributed by atoms with Crippen LogP contribution in [0.4, 0.5) is 0 Å². The minimum atomic E-state index is 0.467. The first kappa shape index (κ1) is 13.1. The van der Waals surface area contributed by atoms with Gasteiger partial charge in [-0.3, -0.25) is 0 Å². The molecule has 3 nitrogen and oxygen atoms in total. The van der Waals surface area contributed by atoms with E-state index in [1.807, 2.05) is 7.05 Å². The summed E-state index contributed by atoms with van der Waals surface area (Å²) in [6.45, 7) is 6.67. The molecule has 2 aromatic rings. The maximum atomic E-state index is 4.73. The van der Waals surface area contributed by atoms with Gasteiger partial charge >= 0.3 is 0 Å². The lowest BCUT2D eigenvalue weighted by Crippen LogP contribution is -2.25. The average Bonchev–Trinajstić information content (AvgIpc) is 2.76. The van der Waals surface area contributed by atoms with Gasteiger partial charge in [0.15, 0.2) is 0 Å². The van der Waals surface area contributed by atoms with Gasteiger partial charge in [-0.25, -0.2) is 4.98 Å². The summed E-state index contributed by atoms with van der Waals surface area (Å²) in [6, 6.07) is 9.40. The van der Waals surface area contributed by atoms with E-state index in [0.29, 0.717) is 12.1 Å². The van der Waals surface area contributed by atoms with Crippen LogP contribution in [-0.2, 0) is 6.42 Å². The Morgan fingerprint density at radius 3 is 2.67 bits per heavy atom. The summed E-state index contributed by atoms with van der Waals surface area (Å²) in [5, 5.41) is 3.31. The molecule has 2 unspecified atom stereocenters. The Labute approximate surface area is 109 Å². The molecule has 1 aromatic carbocycles. The second-order valence-electron chi connectivity index (χ2n) is 5.01. The van der Waals surface area contributed by atoms with Crippen molar-refractivity contribution in [3.63, 3.8) is 0 Å². The van der Waals surface area contributed by atoms with Gasteiger partial charge in [0.05, 0.1) is 11.0 Å². The van der Waals surface area contributed by atoms with Crippen LogP contribution < -0.4 is 5.32 Å². The second-order valence-corrected chi connectivity index (χ2v) is 5.01. The fraction of sp³-hybridized carbons (Fsp3) is 0.533. The highest BCUT2D eigenvalue weighted by Crippen LogP contribution is 2.24. The Hall–Kier alpha value is -1.35. The molecular weight excluding hydrogens is 222 g/mol. The van der Waals surface area contributed by atoms with Gasteiger partial charge in [0.25, 0.3) is 0 Å². The Bertz CT molecular complexity index is 515. The van der Waals surface area contributed by atoms with Gasteiger partial charge in [-0.05, 0) is 39.4 Å². The molecule has 1 aromatic heterocycles.